The minimum Gasteiger partial charge on any atom is -0.392 e. The Bertz CT molecular complexity index is 431. The second kappa shape index (κ2) is 5.10. The van der Waals surface area contributed by atoms with Crippen molar-refractivity contribution in [1.29, 1.82) is 0 Å². The van der Waals surface area contributed by atoms with Crippen LogP contribution in [-0.4, -0.2) is 23.3 Å². The normalized spacial score (nSPS) is 15.3. The third kappa shape index (κ3) is 2.64. The molecule has 1 aromatic carbocycles. The summed E-state index contributed by atoms with van der Waals surface area (Å²) in [5.74, 6) is 1.11. The quantitative estimate of drug-likeness (QED) is 0.896. The molecule has 1 heterocycles. The van der Waals surface area contributed by atoms with E-state index in [1.807, 2.05) is 23.1 Å². The van der Waals surface area contributed by atoms with E-state index in [4.69, 9.17) is 5.11 Å². The van der Waals surface area contributed by atoms with Crippen LogP contribution in [0.4, 0.5) is 5.69 Å². The number of anilines is 1. The average Bonchev–Trinajstić information content (AvgIpc) is 2.32. The molecule has 0 saturated carbocycles. The van der Waals surface area contributed by atoms with Crippen molar-refractivity contribution in [3.8, 4) is 0 Å². The Kier molecular flexibility index (Phi) is 3.74. The number of aliphatic hydroxyl groups excluding tert-OH is 1. The molecular formula is C13H17NO2S. The van der Waals surface area contributed by atoms with E-state index < -0.39 is 0 Å². The molecule has 4 heteroatoms. The molecule has 17 heavy (non-hydrogen) atoms. The van der Waals surface area contributed by atoms with Gasteiger partial charge in [0.15, 0.2) is 0 Å². The van der Waals surface area contributed by atoms with Gasteiger partial charge >= 0.3 is 0 Å². The molecule has 2 rings (SSSR count). The molecule has 1 amide bonds. The monoisotopic (exact) mass is 251 g/mol. The van der Waals surface area contributed by atoms with E-state index in [1.54, 1.807) is 11.8 Å². The largest absolute Gasteiger partial charge is 0.392 e. The Morgan fingerprint density at radius 2 is 2.24 bits per heavy atom. The zero-order chi connectivity index (χ0) is 12.4. The molecule has 0 aliphatic carbocycles. The van der Waals surface area contributed by atoms with Gasteiger partial charge in [-0.25, -0.2) is 0 Å². The highest BCUT2D eigenvalue weighted by molar-refractivity contribution is 8.00. The summed E-state index contributed by atoms with van der Waals surface area (Å²) < 4.78 is 0. The summed E-state index contributed by atoms with van der Waals surface area (Å²) in [4.78, 5) is 14.9. The molecular weight excluding hydrogens is 234 g/mol. The van der Waals surface area contributed by atoms with Crippen LogP contribution in [0.1, 0.15) is 19.4 Å². The zero-order valence-corrected chi connectivity index (χ0v) is 11.0. The number of benzene rings is 1. The zero-order valence-electron chi connectivity index (χ0n) is 10.1. The standard InChI is InChI=1S/C13H17NO2S/c1-9(2)6-14-11-5-10(7-15)3-4-12(11)17-8-13(14)16/h3-5,9,15H,6-8H2,1-2H3. The smallest absolute Gasteiger partial charge is 0.237 e. The van der Waals surface area contributed by atoms with Crippen molar-refractivity contribution in [2.45, 2.75) is 25.3 Å². The Morgan fingerprint density at radius 3 is 2.88 bits per heavy atom. The number of carbonyl (C=O) groups is 1. The molecule has 0 aromatic heterocycles. The van der Waals surface area contributed by atoms with Crippen molar-refractivity contribution in [2.75, 3.05) is 17.2 Å². The van der Waals surface area contributed by atoms with Gasteiger partial charge in [0.1, 0.15) is 0 Å². The number of nitrogens with zero attached hydrogens (tertiary/aromatic N) is 1. The van der Waals surface area contributed by atoms with E-state index in [0.29, 0.717) is 11.7 Å². The lowest BCUT2D eigenvalue weighted by atomic mass is 10.1. The third-order valence-electron chi connectivity index (χ3n) is 2.70. The summed E-state index contributed by atoms with van der Waals surface area (Å²) in [7, 11) is 0. The first-order valence-electron chi connectivity index (χ1n) is 5.78. The number of hydrogen-bond acceptors (Lipinski definition) is 3. The van der Waals surface area contributed by atoms with Crippen molar-refractivity contribution in [2.24, 2.45) is 5.92 Å². The molecule has 0 unspecified atom stereocenters. The molecule has 0 spiro atoms. The summed E-state index contributed by atoms with van der Waals surface area (Å²) >= 11 is 1.57. The lowest BCUT2D eigenvalue weighted by Crippen LogP contribution is -2.38. The van der Waals surface area contributed by atoms with Gasteiger partial charge in [-0.3, -0.25) is 4.79 Å². The molecule has 0 radical (unpaired) electrons. The van der Waals surface area contributed by atoms with E-state index in [1.165, 1.54) is 0 Å². The van der Waals surface area contributed by atoms with Crippen LogP contribution in [0.25, 0.3) is 0 Å². The number of hydrogen-bond donors (Lipinski definition) is 1. The van der Waals surface area contributed by atoms with Crippen LogP contribution in [0.3, 0.4) is 0 Å². The van der Waals surface area contributed by atoms with Gasteiger partial charge in [0.2, 0.25) is 5.91 Å². The van der Waals surface area contributed by atoms with Crippen LogP contribution < -0.4 is 4.90 Å². The van der Waals surface area contributed by atoms with Crippen LogP contribution in [0.2, 0.25) is 0 Å². The highest BCUT2D eigenvalue weighted by Gasteiger charge is 2.25. The van der Waals surface area contributed by atoms with Gasteiger partial charge in [0, 0.05) is 11.4 Å². The highest BCUT2D eigenvalue weighted by Crippen LogP contribution is 2.36. The number of rotatable bonds is 3. The first-order valence-corrected chi connectivity index (χ1v) is 6.77. The Balaban J connectivity index is 2.37. The average molecular weight is 251 g/mol. The van der Waals surface area contributed by atoms with Crippen molar-refractivity contribution in [3.05, 3.63) is 23.8 Å². The summed E-state index contributed by atoms with van der Waals surface area (Å²) in [5.41, 5.74) is 1.80. The van der Waals surface area contributed by atoms with Crippen molar-refractivity contribution in [3.63, 3.8) is 0 Å². The summed E-state index contributed by atoms with van der Waals surface area (Å²) in [6.07, 6.45) is 0. The summed E-state index contributed by atoms with van der Waals surface area (Å²) in [6.45, 7) is 4.96. The number of carbonyl (C=O) groups excluding carboxylic acids is 1. The SMILES string of the molecule is CC(C)CN1C(=O)CSc2ccc(CO)cc21. The van der Waals surface area contributed by atoms with E-state index in [0.717, 1.165) is 22.7 Å². The minimum atomic E-state index is 0.0155. The number of amides is 1. The van der Waals surface area contributed by atoms with E-state index >= 15 is 0 Å². The van der Waals surface area contributed by atoms with Gasteiger partial charge in [0.25, 0.3) is 0 Å². The first-order chi connectivity index (χ1) is 8.11. The lowest BCUT2D eigenvalue weighted by molar-refractivity contribution is -0.116. The Labute approximate surface area is 106 Å². The molecule has 3 nitrogen and oxygen atoms in total. The predicted octanol–water partition coefficient (Wildman–Crippen LogP) is 2.27. The fraction of sp³-hybridized carbons (Fsp3) is 0.462. The van der Waals surface area contributed by atoms with Crippen LogP contribution >= 0.6 is 11.8 Å². The van der Waals surface area contributed by atoms with Crippen molar-refractivity contribution in [1.82, 2.24) is 0 Å². The third-order valence-corrected chi connectivity index (χ3v) is 3.74. The second-order valence-corrected chi connectivity index (χ2v) is 5.66. The van der Waals surface area contributed by atoms with Crippen LogP contribution in [0.15, 0.2) is 23.1 Å². The number of aliphatic hydroxyl groups is 1. The van der Waals surface area contributed by atoms with Gasteiger partial charge in [-0.05, 0) is 23.6 Å². The van der Waals surface area contributed by atoms with E-state index in [2.05, 4.69) is 13.8 Å². The Hall–Kier alpha value is -1.00. The molecule has 0 saturated heterocycles. The first kappa shape index (κ1) is 12.5. The van der Waals surface area contributed by atoms with Crippen molar-refractivity contribution >= 4 is 23.4 Å². The summed E-state index contributed by atoms with van der Waals surface area (Å²) in [6, 6.07) is 5.82. The van der Waals surface area contributed by atoms with Gasteiger partial charge in [-0.1, -0.05) is 19.9 Å². The fourth-order valence-electron chi connectivity index (χ4n) is 1.91. The minimum absolute atomic E-state index is 0.0155. The van der Waals surface area contributed by atoms with Crippen LogP contribution in [-0.2, 0) is 11.4 Å². The van der Waals surface area contributed by atoms with Gasteiger partial charge in [-0.15, -0.1) is 11.8 Å². The maximum absolute atomic E-state index is 11.9. The predicted molar refractivity (Wildman–Crippen MR) is 70.3 cm³/mol. The van der Waals surface area contributed by atoms with Gasteiger partial charge in [-0.2, -0.15) is 0 Å². The number of fused-ring (bicyclic) bond motifs is 1. The molecule has 1 aliphatic heterocycles. The molecule has 1 aliphatic rings. The topological polar surface area (TPSA) is 40.5 Å². The molecule has 0 bridgehead atoms. The maximum Gasteiger partial charge on any atom is 0.237 e. The van der Waals surface area contributed by atoms with Crippen LogP contribution in [0.5, 0.6) is 0 Å². The summed E-state index contributed by atoms with van der Waals surface area (Å²) in [5, 5.41) is 9.16. The molecule has 0 fully saturated rings. The fourth-order valence-corrected chi connectivity index (χ4v) is 2.83. The van der Waals surface area contributed by atoms with E-state index in [-0.39, 0.29) is 12.5 Å². The number of thioether (sulfide) groups is 1. The maximum atomic E-state index is 11.9. The second-order valence-electron chi connectivity index (χ2n) is 4.65. The molecule has 0 atom stereocenters. The molecule has 92 valence electrons. The molecule has 1 N–H and O–H groups in total. The molecule has 1 aromatic rings. The Morgan fingerprint density at radius 1 is 1.47 bits per heavy atom. The van der Waals surface area contributed by atoms with Gasteiger partial charge in [0.05, 0.1) is 18.0 Å². The highest BCUT2D eigenvalue weighted by atomic mass is 32.2. The van der Waals surface area contributed by atoms with Crippen LogP contribution in [0, 0.1) is 5.92 Å². The van der Waals surface area contributed by atoms with Gasteiger partial charge < -0.3 is 10.0 Å². The van der Waals surface area contributed by atoms with Crippen molar-refractivity contribution < 1.29 is 9.90 Å². The lowest BCUT2D eigenvalue weighted by Gasteiger charge is -2.30. The van der Waals surface area contributed by atoms with E-state index in [9.17, 15) is 4.79 Å².